The highest BCUT2D eigenvalue weighted by Gasteiger charge is 2.22. The average molecular weight is 287 g/mol. The van der Waals surface area contributed by atoms with Crippen LogP contribution in [0.4, 0.5) is 0 Å². The van der Waals surface area contributed by atoms with Crippen molar-refractivity contribution in [2.45, 2.75) is 39.9 Å². The van der Waals surface area contributed by atoms with Crippen LogP contribution in [0.5, 0.6) is 0 Å². The standard InChI is InChI=1S/C16H21N3S/c1-11(2)7-8-18-10-13-5-4-6-14-15(13)19(9-12(18)3)16(20)17-14/h4-7,12H,8-10H2,1-3H3,(H,17,20)/t12-/m0/s1. The van der Waals surface area contributed by atoms with Crippen molar-refractivity contribution in [2.75, 3.05) is 6.54 Å². The topological polar surface area (TPSA) is 24.0 Å². The van der Waals surface area contributed by atoms with Gasteiger partial charge in [-0.2, -0.15) is 0 Å². The number of nitrogens with one attached hydrogen (secondary N) is 1. The van der Waals surface area contributed by atoms with Crippen molar-refractivity contribution in [3.63, 3.8) is 0 Å². The van der Waals surface area contributed by atoms with Gasteiger partial charge in [-0.05, 0) is 44.6 Å². The van der Waals surface area contributed by atoms with Gasteiger partial charge in [0.1, 0.15) is 0 Å². The monoisotopic (exact) mass is 287 g/mol. The zero-order valence-corrected chi connectivity index (χ0v) is 13.1. The molecule has 1 aliphatic heterocycles. The second-order valence-electron chi connectivity index (χ2n) is 5.91. The van der Waals surface area contributed by atoms with Crippen molar-refractivity contribution < 1.29 is 0 Å². The molecule has 0 spiro atoms. The van der Waals surface area contributed by atoms with Gasteiger partial charge in [0, 0.05) is 25.7 Å². The fourth-order valence-electron chi connectivity index (χ4n) is 2.90. The number of rotatable bonds is 2. The molecule has 0 unspecified atom stereocenters. The normalized spacial score (nSPS) is 19.1. The first-order valence-corrected chi connectivity index (χ1v) is 7.55. The van der Waals surface area contributed by atoms with E-state index in [0.717, 1.165) is 29.9 Å². The number of benzene rings is 1. The fourth-order valence-corrected chi connectivity index (χ4v) is 3.17. The number of aromatic amines is 1. The van der Waals surface area contributed by atoms with Crippen molar-refractivity contribution >= 4 is 23.3 Å². The van der Waals surface area contributed by atoms with Gasteiger partial charge in [-0.25, -0.2) is 0 Å². The largest absolute Gasteiger partial charge is 0.331 e. The molecule has 1 N–H and O–H groups in total. The Labute approximate surface area is 124 Å². The van der Waals surface area contributed by atoms with Crippen LogP contribution >= 0.6 is 12.2 Å². The van der Waals surface area contributed by atoms with Gasteiger partial charge in [0.15, 0.2) is 4.77 Å². The predicted molar refractivity (Wildman–Crippen MR) is 86.4 cm³/mol. The summed E-state index contributed by atoms with van der Waals surface area (Å²) in [6, 6.07) is 6.92. The number of para-hydroxylation sites is 1. The number of imidazole rings is 1. The molecule has 0 saturated carbocycles. The summed E-state index contributed by atoms with van der Waals surface area (Å²) >= 11 is 5.48. The lowest BCUT2D eigenvalue weighted by Crippen LogP contribution is -2.34. The smallest absolute Gasteiger partial charge is 0.178 e. The van der Waals surface area contributed by atoms with Crippen molar-refractivity contribution in [1.82, 2.24) is 14.5 Å². The van der Waals surface area contributed by atoms with E-state index >= 15 is 0 Å². The minimum Gasteiger partial charge on any atom is -0.331 e. The summed E-state index contributed by atoms with van der Waals surface area (Å²) in [5.74, 6) is 0. The summed E-state index contributed by atoms with van der Waals surface area (Å²) in [6.07, 6.45) is 2.30. The Morgan fingerprint density at radius 1 is 1.45 bits per heavy atom. The molecule has 0 aliphatic carbocycles. The molecular weight excluding hydrogens is 266 g/mol. The molecule has 0 saturated heterocycles. The Morgan fingerprint density at radius 2 is 2.25 bits per heavy atom. The van der Waals surface area contributed by atoms with Gasteiger partial charge in [0.05, 0.1) is 11.0 Å². The number of H-pyrrole nitrogens is 1. The summed E-state index contributed by atoms with van der Waals surface area (Å²) in [5.41, 5.74) is 5.17. The van der Waals surface area contributed by atoms with Gasteiger partial charge in [0.2, 0.25) is 0 Å². The molecule has 2 aromatic rings. The van der Waals surface area contributed by atoms with E-state index in [1.165, 1.54) is 16.7 Å². The zero-order chi connectivity index (χ0) is 14.3. The van der Waals surface area contributed by atoms with E-state index in [1.54, 1.807) is 0 Å². The van der Waals surface area contributed by atoms with Gasteiger partial charge >= 0.3 is 0 Å². The van der Waals surface area contributed by atoms with Crippen LogP contribution in [0.15, 0.2) is 29.8 Å². The van der Waals surface area contributed by atoms with E-state index in [0.29, 0.717) is 6.04 Å². The van der Waals surface area contributed by atoms with Crippen molar-refractivity contribution in [1.29, 1.82) is 0 Å². The minimum absolute atomic E-state index is 0.476. The Morgan fingerprint density at radius 3 is 3.00 bits per heavy atom. The van der Waals surface area contributed by atoms with Crippen molar-refractivity contribution in [3.05, 3.63) is 40.2 Å². The van der Waals surface area contributed by atoms with Crippen LogP contribution in [-0.4, -0.2) is 27.0 Å². The van der Waals surface area contributed by atoms with Crippen LogP contribution in [0.25, 0.3) is 11.0 Å². The van der Waals surface area contributed by atoms with E-state index in [2.05, 4.69) is 59.5 Å². The van der Waals surface area contributed by atoms with Crippen LogP contribution < -0.4 is 0 Å². The number of hydrogen-bond donors (Lipinski definition) is 1. The van der Waals surface area contributed by atoms with Crippen molar-refractivity contribution in [2.24, 2.45) is 0 Å². The molecule has 0 radical (unpaired) electrons. The predicted octanol–water partition coefficient (Wildman–Crippen LogP) is 3.87. The summed E-state index contributed by atoms with van der Waals surface area (Å²) in [5, 5.41) is 0. The minimum atomic E-state index is 0.476. The Bertz CT molecular complexity index is 719. The molecule has 1 aromatic carbocycles. The molecule has 1 aliphatic rings. The Hall–Kier alpha value is -1.39. The maximum atomic E-state index is 5.48. The summed E-state index contributed by atoms with van der Waals surface area (Å²) < 4.78 is 3.09. The molecule has 0 fully saturated rings. The highest BCUT2D eigenvalue weighted by Crippen LogP contribution is 2.25. The molecule has 106 valence electrons. The third-order valence-electron chi connectivity index (χ3n) is 4.05. The molecule has 3 rings (SSSR count). The molecule has 1 aromatic heterocycles. The molecule has 2 heterocycles. The third kappa shape index (κ3) is 2.34. The second kappa shape index (κ2) is 5.19. The van der Waals surface area contributed by atoms with E-state index in [1.807, 2.05) is 0 Å². The highest BCUT2D eigenvalue weighted by atomic mass is 32.1. The van der Waals surface area contributed by atoms with Crippen LogP contribution in [0.3, 0.4) is 0 Å². The van der Waals surface area contributed by atoms with Gasteiger partial charge in [-0.15, -0.1) is 0 Å². The number of allylic oxidation sites excluding steroid dienone is 1. The van der Waals surface area contributed by atoms with E-state index in [4.69, 9.17) is 12.2 Å². The lowest BCUT2D eigenvalue weighted by molar-refractivity contribution is 0.210. The summed E-state index contributed by atoms with van der Waals surface area (Å²) in [7, 11) is 0. The van der Waals surface area contributed by atoms with Gasteiger partial charge in [-0.1, -0.05) is 23.8 Å². The van der Waals surface area contributed by atoms with E-state index in [9.17, 15) is 0 Å². The van der Waals surface area contributed by atoms with Crippen LogP contribution in [0.1, 0.15) is 26.3 Å². The first-order valence-electron chi connectivity index (χ1n) is 7.14. The molecule has 0 amide bonds. The van der Waals surface area contributed by atoms with Gasteiger partial charge < -0.3 is 9.55 Å². The quantitative estimate of drug-likeness (QED) is 0.669. The second-order valence-corrected chi connectivity index (χ2v) is 6.30. The van der Waals surface area contributed by atoms with E-state index in [-0.39, 0.29) is 0 Å². The SMILES string of the molecule is CC(C)=CCN1Cc2cccc3[nH]c(=S)n(c23)C[C@@H]1C. The lowest BCUT2D eigenvalue weighted by atomic mass is 10.1. The van der Waals surface area contributed by atoms with Crippen molar-refractivity contribution in [3.8, 4) is 0 Å². The van der Waals surface area contributed by atoms with Gasteiger partial charge in [0.25, 0.3) is 0 Å². The first-order chi connectivity index (χ1) is 9.56. The summed E-state index contributed by atoms with van der Waals surface area (Å²) in [4.78, 5) is 5.84. The zero-order valence-electron chi connectivity index (χ0n) is 12.3. The average Bonchev–Trinajstić information content (AvgIpc) is 2.62. The molecule has 3 nitrogen and oxygen atoms in total. The Balaban J connectivity index is 2.05. The van der Waals surface area contributed by atoms with Gasteiger partial charge in [-0.3, -0.25) is 4.90 Å². The highest BCUT2D eigenvalue weighted by molar-refractivity contribution is 7.71. The number of hydrogen-bond acceptors (Lipinski definition) is 2. The van der Waals surface area contributed by atoms with E-state index < -0.39 is 0 Å². The third-order valence-corrected chi connectivity index (χ3v) is 4.38. The fraction of sp³-hybridized carbons (Fsp3) is 0.438. The molecule has 0 bridgehead atoms. The number of aromatic nitrogens is 2. The maximum absolute atomic E-state index is 5.48. The van der Waals surface area contributed by atoms with Crippen LogP contribution in [0.2, 0.25) is 0 Å². The Kier molecular flexibility index (Phi) is 3.52. The molecule has 20 heavy (non-hydrogen) atoms. The molecule has 1 atom stereocenters. The van der Waals surface area contributed by atoms with Crippen LogP contribution in [-0.2, 0) is 13.1 Å². The number of nitrogens with zero attached hydrogens (tertiary/aromatic N) is 2. The first kappa shape index (κ1) is 13.6. The lowest BCUT2D eigenvalue weighted by Gasteiger charge is -2.26. The van der Waals surface area contributed by atoms with Crippen LogP contribution in [0, 0.1) is 4.77 Å². The molecular formula is C16H21N3S. The molecule has 4 heteroatoms. The maximum Gasteiger partial charge on any atom is 0.178 e. The summed E-state index contributed by atoms with van der Waals surface area (Å²) in [6.45, 7) is 9.53.